The lowest BCUT2D eigenvalue weighted by Gasteiger charge is -2.23. The van der Waals surface area contributed by atoms with Crippen LogP contribution in [0.3, 0.4) is 0 Å². The van der Waals surface area contributed by atoms with Gasteiger partial charge in [0.15, 0.2) is 0 Å². The van der Waals surface area contributed by atoms with E-state index in [1.54, 1.807) is 0 Å². The summed E-state index contributed by atoms with van der Waals surface area (Å²) in [6.45, 7) is 9.63. The molecule has 5 heteroatoms. The van der Waals surface area contributed by atoms with Crippen molar-refractivity contribution >= 4 is 28.9 Å². The van der Waals surface area contributed by atoms with Crippen LogP contribution in [0.2, 0.25) is 0 Å². The molecule has 28 heavy (non-hydrogen) atoms. The number of nitrogens with zero attached hydrogens (tertiary/aromatic N) is 2. The molecule has 1 saturated heterocycles. The van der Waals surface area contributed by atoms with Crippen LogP contribution in [-0.4, -0.2) is 31.4 Å². The molecule has 0 unspecified atom stereocenters. The number of amides is 2. The molecule has 2 aromatic carbocycles. The smallest absolute Gasteiger partial charge is 0.244 e. The van der Waals surface area contributed by atoms with Gasteiger partial charge >= 0.3 is 0 Å². The molecular weight excluding hydrogens is 350 g/mol. The van der Waals surface area contributed by atoms with Crippen LogP contribution in [0, 0.1) is 20.8 Å². The molecule has 0 bridgehead atoms. The zero-order valence-electron chi connectivity index (χ0n) is 17.2. The Balaban J connectivity index is 1.72. The van der Waals surface area contributed by atoms with Gasteiger partial charge in [-0.05, 0) is 69.0 Å². The van der Waals surface area contributed by atoms with Gasteiger partial charge in [0.25, 0.3) is 0 Å². The second-order valence-corrected chi connectivity index (χ2v) is 7.64. The number of nitrogens with one attached hydrogen (secondary N) is 1. The summed E-state index contributed by atoms with van der Waals surface area (Å²) in [5.41, 5.74) is 5.94. The van der Waals surface area contributed by atoms with Crippen molar-refractivity contribution in [2.75, 3.05) is 34.8 Å². The van der Waals surface area contributed by atoms with E-state index < -0.39 is 0 Å². The van der Waals surface area contributed by atoms with E-state index in [4.69, 9.17) is 0 Å². The van der Waals surface area contributed by atoms with Crippen molar-refractivity contribution in [3.63, 3.8) is 0 Å². The third-order valence-corrected chi connectivity index (χ3v) is 5.26. The van der Waals surface area contributed by atoms with Crippen molar-refractivity contribution in [1.29, 1.82) is 0 Å². The van der Waals surface area contributed by atoms with Crippen LogP contribution < -0.4 is 15.1 Å². The van der Waals surface area contributed by atoms with Crippen LogP contribution in [0.1, 0.15) is 36.5 Å². The van der Waals surface area contributed by atoms with Crippen LogP contribution in [-0.2, 0) is 9.59 Å². The molecule has 0 atom stereocenters. The van der Waals surface area contributed by atoms with Gasteiger partial charge in [-0.1, -0.05) is 17.7 Å². The molecule has 0 radical (unpaired) electrons. The topological polar surface area (TPSA) is 52.7 Å². The summed E-state index contributed by atoms with van der Waals surface area (Å²) >= 11 is 0. The molecule has 1 heterocycles. The number of hydrogen-bond acceptors (Lipinski definition) is 3. The maximum absolute atomic E-state index is 12.7. The standard InChI is InChI=1S/C23H29N3O2/c1-16-13-17(2)23(18(3)14-16)24-22(28)15-26(19(4)27)21-9-7-20(8-10-21)25-11-5-6-12-25/h7-10,13-14H,5-6,11-12,15H2,1-4H3,(H,24,28). The Morgan fingerprint density at radius 3 is 2.11 bits per heavy atom. The van der Waals surface area contributed by atoms with Crippen molar-refractivity contribution in [1.82, 2.24) is 0 Å². The molecule has 0 aliphatic carbocycles. The second kappa shape index (κ2) is 8.46. The number of hydrogen-bond donors (Lipinski definition) is 1. The highest BCUT2D eigenvalue weighted by Gasteiger charge is 2.18. The first-order valence-corrected chi connectivity index (χ1v) is 9.86. The Hall–Kier alpha value is -2.82. The second-order valence-electron chi connectivity index (χ2n) is 7.64. The quantitative estimate of drug-likeness (QED) is 0.847. The van der Waals surface area contributed by atoms with Gasteiger partial charge in [-0.2, -0.15) is 0 Å². The number of carbonyl (C=O) groups excluding carboxylic acids is 2. The highest BCUT2D eigenvalue weighted by atomic mass is 16.2. The Kier molecular flexibility index (Phi) is 6.02. The van der Waals surface area contributed by atoms with E-state index in [2.05, 4.69) is 10.2 Å². The van der Waals surface area contributed by atoms with Gasteiger partial charge in [0.2, 0.25) is 11.8 Å². The predicted octanol–water partition coefficient (Wildman–Crippen LogP) is 4.20. The van der Waals surface area contributed by atoms with Gasteiger partial charge < -0.3 is 15.1 Å². The fourth-order valence-electron chi connectivity index (χ4n) is 3.90. The van der Waals surface area contributed by atoms with Gasteiger partial charge in [0.1, 0.15) is 6.54 Å². The summed E-state index contributed by atoms with van der Waals surface area (Å²) in [4.78, 5) is 28.7. The largest absolute Gasteiger partial charge is 0.372 e. The third kappa shape index (κ3) is 4.53. The normalized spacial score (nSPS) is 13.5. The van der Waals surface area contributed by atoms with E-state index in [-0.39, 0.29) is 18.4 Å². The summed E-state index contributed by atoms with van der Waals surface area (Å²) in [5, 5.41) is 2.98. The van der Waals surface area contributed by atoms with Gasteiger partial charge in [-0.25, -0.2) is 0 Å². The lowest BCUT2D eigenvalue weighted by Crippen LogP contribution is -2.37. The highest BCUT2D eigenvalue weighted by molar-refractivity contribution is 6.02. The third-order valence-electron chi connectivity index (χ3n) is 5.26. The van der Waals surface area contributed by atoms with Crippen molar-refractivity contribution < 1.29 is 9.59 Å². The summed E-state index contributed by atoms with van der Waals surface area (Å²) in [7, 11) is 0. The minimum Gasteiger partial charge on any atom is -0.372 e. The zero-order valence-corrected chi connectivity index (χ0v) is 17.2. The number of carbonyl (C=O) groups is 2. The number of rotatable bonds is 5. The van der Waals surface area contributed by atoms with E-state index in [9.17, 15) is 9.59 Å². The van der Waals surface area contributed by atoms with E-state index >= 15 is 0 Å². The Labute approximate surface area is 167 Å². The van der Waals surface area contributed by atoms with Gasteiger partial charge in [-0.15, -0.1) is 0 Å². The predicted molar refractivity (Wildman–Crippen MR) is 115 cm³/mol. The maximum Gasteiger partial charge on any atom is 0.244 e. The molecule has 0 aromatic heterocycles. The molecule has 1 aliphatic heterocycles. The maximum atomic E-state index is 12.7. The summed E-state index contributed by atoms with van der Waals surface area (Å²) in [6.07, 6.45) is 2.44. The fourth-order valence-corrected chi connectivity index (χ4v) is 3.90. The van der Waals surface area contributed by atoms with Crippen LogP contribution in [0.15, 0.2) is 36.4 Å². The Bertz CT molecular complexity index is 845. The first kappa shape index (κ1) is 19.9. The molecule has 1 N–H and O–H groups in total. The molecule has 5 nitrogen and oxygen atoms in total. The highest BCUT2D eigenvalue weighted by Crippen LogP contribution is 2.25. The Morgan fingerprint density at radius 2 is 1.57 bits per heavy atom. The summed E-state index contributed by atoms with van der Waals surface area (Å²) < 4.78 is 0. The average Bonchev–Trinajstić information content (AvgIpc) is 3.17. The zero-order chi connectivity index (χ0) is 20.3. The number of benzene rings is 2. The van der Waals surface area contributed by atoms with Crippen molar-refractivity contribution in [3.8, 4) is 0 Å². The van der Waals surface area contributed by atoms with Crippen molar-refractivity contribution in [2.45, 2.75) is 40.5 Å². The molecule has 2 aromatic rings. The molecule has 0 saturated carbocycles. The first-order chi connectivity index (χ1) is 13.3. The minimum atomic E-state index is -0.200. The van der Waals surface area contributed by atoms with E-state index in [1.807, 2.05) is 57.2 Å². The van der Waals surface area contributed by atoms with E-state index in [0.717, 1.165) is 41.2 Å². The van der Waals surface area contributed by atoms with Gasteiger partial charge in [0.05, 0.1) is 0 Å². The molecule has 0 spiro atoms. The van der Waals surface area contributed by atoms with Crippen LogP contribution in [0.5, 0.6) is 0 Å². The van der Waals surface area contributed by atoms with Crippen LogP contribution in [0.4, 0.5) is 17.1 Å². The SMILES string of the molecule is CC(=O)N(CC(=O)Nc1c(C)cc(C)cc1C)c1ccc(N2CCCC2)cc1. The van der Waals surface area contributed by atoms with E-state index in [0.29, 0.717) is 0 Å². The molecule has 3 rings (SSSR count). The molecule has 2 amide bonds. The van der Waals surface area contributed by atoms with Crippen LogP contribution >= 0.6 is 0 Å². The number of aryl methyl sites for hydroxylation is 3. The molecule has 148 valence electrons. The lowest BCUT2D eigenvalue weighted by atomic mass is 10.1. The molecule has 1 aliphatic rings. The Morgan fingerprint density at radius 1 is 1.00 bits per heavy atom. The van der Waals surface area contributed by atoms with Gasteiger partial charge in [0, 0.05) is 37.1 Å². The summed E-state index contributed by atoms with van der Waals surface area (Å²) in [5.74, 6) is -0.352. The molecule has 1 fully saturated rings. The fraction of sp³-hybridized carbons (Fsp3) is 0.391. The minimum absolute atomic E-state index is 0.00878. The first-order valence-electron chi connectivity index (χ1n) is 9.86. The lowest BCUT2D eigenvalue weighted by molar-refractivity contribution is -0.120. The number of anilines is 3. The van der Waals surface area contributed by atoms with E-state index in [1.165, 1.54) is 30.4 Å². The van der Waals surface area contributed by atoms with Crippen LogP contribution in [0.25, 0.3) is 0 Å². The van der Waals surface area contributed by atoms with Crippen molar-refractivity contribution in [3.05, 3.63) is 53.1 Å². The van der Waals surface area contributed by atoms with Crippen molar-refractivity contribution in [2.24, 2.45) is 0 Å². The monoisotopic (exact) mass is 379 g/mol. The molecular formula is C23H29N3O2. The summed E-state index contributed by atoms with van der Waals surface area (Å²) in [6, 6.07) is 12.0. The van der Waals surface area contributed by atoms with Gasteiger partial charge in [-0.3, -0.25) is 9.59 Å². The average molecular weight is 380 g/mol.